The largest absolute Gasteiger partial charge is 0.481 e. The van der Waals surface area contributed by atoms with Crippen LogP contribution >= 0.6 is 0 Å². The van der Waals surface area contributed by atoms with Gasteiger partial charge in [-0.3, -0.25) is 9.59 Å². The fourth-order valence-electron chi connectivity index (χ4n) is 1.92. The van der Waals surface area contributed by atoms with Crippen molar-refractivity contribution in [3.8, 4) is 0 Å². The van der Waals surface area contributed by atoms with Crippen molar-refractivity contribution in [3.05, 3.63) is 0 Å². The summed E-state index contributed by atoms with van der Waals surface area (Å²) in [5, 5.41) is 18.3. The number of hydrogen-bond acceptors (Lipinski definition) is 4. The molecule has 0 aromatic rings. The first-order valence-electron chi connectivity index (χ1n) is 6.44. The number of hydrogen-bond donors (Lipinski definition) is 2. The molecule has 0 heterocycles. The summed E-state index contributed by atoms with van der Waals surface area (Å²) in [5.74, 6) is -1.84. The Hall–Kier alpha value is -1.14. The van der Waals surface area contributed by atoms with Crippen LogP contribution < -0.4 is 0 Å². The fourth-order valence-corrected chi connectivity index (χ4v) is 1.92. The molecule has 0 aromatic carbocycles. The van der Waals surface area contributed by atoms with Crippen molar-refractivity contribution in [3.63, 3.8) is 0 Å². The SMILES string of the molecule is CN(C)CCC(CCC(=O)O)(CCN(C)C)C(=O)O. The van der Waals surface area contributed by atoms with E-state index in [0.29, 0.717) is 25.9 Å². The first-order valence-corrected chi connectivity index (χ1v) is 6.44. The van der Waals surface area contributed by atoms with Gasteiger partial charge in [-0.25, -0.2) is 0 Å². The minimum Gasteiger partial charge on any atom is -0.481 e. The van der Waals surface area contributed by atoms with E-state index < -0.39 is 17.4 Å². The van der Waals surface area contributed by atoms with E-state index in [9.17, 15) is 14.7 Å². The number of aliphatic carboxylic acids is 2. The molecule has 6 nitrogen and oxygen atoms in total. The maximum absolute atomic E-state index is 11.6. The molecule has 0 spiro atoms. The topological polar surface area (TPSA) is 81.1 Å². The Morgan fingerprint density at radius 2 is 1.32 bits per heavy atom. The summed E-state index contributed by atoms with van der Waals surface area (Å²) in [5.41, 5.74) is -0.951. The van der Waals surface area contributed by atoms with Gasteiger partial charge in [-0.15, -0.1) is 0 Å². The summed E-state index contributed by atoms with van der Waals surface area (Å²) in [7, 11) is 7.54. The summed E-state index contributed by atoms with van der Waals surface area (Å²) < 4.78 is 0. The Kier molecular flexibility index (Phi) is 7.63. The number of carboxylic acids is 2. The molecule has 0 amide bonds. The number of carboxylic acid groups (broad SMARTS) is 2. The van der Waals surface area contributed by atoms with E-state index in [2.05, 4.69) is 0 Å². The van der Waals surface area contributed by atoms with Crippen molar-refractivity contribution in [2.24, 2.45) is 5.41 Å². The Bertz CT molecular complexity index is 291. The second-order valence-corrected chi connectivity index (χ2v) is 5.59. The zero-order valence-corrected chi connectivity index (χ0v) is 12.3. The summed E-state index contributed by atoms with van der Waals surface area (Å²) in [4.78, 5) is 26.2. The van der Waals surface area contributed by atoms with Crippen LogP contribution in [0.4, 0.5) is 0 Å². The Morgan fingerprint density at radius 1 is 0.895 bits per heavy atom. The maximum atomic E-state index is 11.6. The molecule has 0 bridgehead atoms. The first-order chi connectivity index (χ1) is 8.69. The zero-order chi connectivity index (χ0) is 15.1. The van der Waals surface area contributed by atoms with Gasteiger partial charge >= 0.3 is 11.9 Å². The molecule has 0 unspecified atom stereocenters. The smallest absolute Gasteiger partial charge is 0.309 e. The van der Waals surface area contributed by atoms with E-state index in [1.165, 1.54) is 0 Å². The van der Waals surface area contributed by atoms with Gasteiger partial charge in [0.15, 0.2) is 0 Å². The van der Waals surface area contributed by atoms with Crippen molar-refractivity contribution in [1.82, 2.24) is 9.80 Å². The molecule has 0 saturated heterocycles. The second kappa shape index (κ2) is 8.12. The Labute approximate surface area is 115 Å². The molecule has 0 rings (SSSR count). The van der Waals surface area contributed by atoms with Crippen molar-refractivity contribution in [2.75, 3.05) is 41.3 Å². The van der Waals surface area contributed by atoms with Gasteiger partial charge in [0.1, 0.15) is 0 Å². The van der Waals surface area contributed by atoms with E-state index in [-0.39, 0.29) is 12.8 Å². The molecular formula is C13H26N2O4. The van der Waals surface area contributed by atoms with Crippen LogP contribution in [0.1, 0.15) is 25.7 Å². The molecule has 0 aliphatic heterocycles. The van der Waals surface area contributed by atoms with E-state index in [1.54, 1.807) is 0 Å². The van der Waals surface area contributed by atoms with E-state index in [0.717, 1.165) is 0 Å². The van der Waals surface area contributed by atoms with Gasteiger partial charge in [-0.05, 0) is 60.5 Å². The van der Waals surface area contributed by atoms with Gasteiger partial charge in [0, 0.05) is 6.42 Å². The van der Waals surface area contributed by atoms with E-state index >= 15 is 0 Å². The Balaban J connectivity index is 4.87. The minimum absolute atomic E-state index is 0.104. The standard InChI is InChI=1S/C13H26N2O4/c1-14(2)9-7-13(12(18)19,6-5-11(16)17)8-10-15(3)4/h5-10H2,1-4H3,(H,16,17)(H,18,19). The lowest BCUT2D eigenvalue weighted by Crippen LogP contribution is -2.37. The van der Waals surface area contributed by atoms with Crippen molar-refractivity contribution in [1.29, 1.82) is 0 Å². The molecule has 0 saturated carbocycles. The lowest BCUT2D eigenvalue weighted by molar-refractivity contribution is -0.151. The van der Waals surface area contributed by atoms with Gasteiger partial charge in [0.05, 0.1) is 5.41 Å². The van der Waals surface area contributed by atoms with Gasteiger partial charge in [-0.2, -0.15) is 0 Å². The van der Waals surface area contributed by atoms with Crippen LogP contribution in [0, 0.1) is 5.41 Å². The van der Waals surface area contributed by atoms with Crippen molar-refractivity contribution in [2.45, 2.75) is 25.7 Å². The average Bonchev–Trinajstić information content (AvgIpc) is 2.27. The average molecular weight is 274 g/mol. The quantitative estimate of drug-likeness (QED) is 0.614. The summed E-state index contributed by atoms with van der Waals surface area (Å²) in [6.07, 6.45) is 1.01. The molecule has 0 radical (unpaired) electrons. The molecule has 0 aliphatic rings. The predicted molar refractivity (Wildman–Crippen MR) is 73.3 cm³/mol. The highest BCUT2D eigenvalue weighted by atomic mass is 16.4. The lowest BCUT2D eigenvalue weighted by Gasteiger charge is -2.31. The van der Waals surface area contributed by atoms with Gasteiger partial charge in [-0.1, -0.05) is 0 Å². The van der Waals surface area contributed by atoms with Gasteiger partial charge in [0.25, 0.3) is 0 Å². The van der Waals surface area contributed by atoms with Crippen LogP contribution in [0.3, 0.4) is 0 Å². The molecular weight excluding hydrogens is 248 g/mol. The molecule has 0 aromatic heterocycles. The number of rotatable bonds is 10. The summed E-state index contributed by atoms with van der Waals surface area (Å²) in [6, 6.07) is 0. The first kappa shape index (κ1) is 17.9. The monoisotopic (exact) mass is 274 g/mol. The second-order valence-electron chi connectivity index (χ2n) is 5.59. The van der Waals surface area contributed by atoms with E-state index in [4.69, 9.17) is 5.11 Å². The van der Waals surface area contributed by atoms with Crippen LogP contribution in [0.5, 0.6) is 0 Å². The molecule has 0 atom stereocenters. The molecule has 0 aliphatic carbocycles. The number of carbonyl (C=O) groups is 2. The van der Waals surface area contributed by atoms with Crippen LogP contribution in [-0.2, 0) is 9.59 Å². The summed E-state index contributed by atoms with van der Waals surface area (Å²) >= 11 is 0. The predicted octanol–water partition coefficient (Wildman–Crippen LogP) is 0.826. The van der Waals surface area contributed by atoms with Crippen LogP contribution in [0.2, 0.25) is 0 Å². The van der Waals surface area contributed by atoms with Crippen molar-refractivity contribution >= 4 is 11.9 Å². The maximum Gasteiger partial charge on any atom is 0.309 e. The third-order valence-corrected chi connectivity index (χ3v) is 3.35. The highest BCUT2D eigenvalue weighted by Gasteiger charge is 2.38. The lowest BCUT2D eigenvalue weighted by atomic mass is 9.76. The highest BCUT2D eigenvalue weighted by Crippen LogP contribution is 2.33. The van der Waals surface area contributed by atoms with Gasteiger partial charge in [0.2, 0.25) is 0 Å². The van der Waals surface area contributed by atoms with Crippen molar-refractivity contribution < 1.29 is 19.8 Å². The molecule has 112 valence electrons. The minimum atomic E-state index is -0.951. The number of nitrogens with zero attached hydrogens (tertiary/aromatic N) is 2. The van der Waals surface area contributed by atoms with Crippen LogP contribution in [0.15, 0.2) is 0 Å². The molecule has 0 fully saturated rings. The fraction of sp³-hybridized carbons (Fsp3) is 0.846. The van der Waals surface area contributed by atoms with Crippen LogP contribution in [-0.4, -0.2) is 73.2 Å². The molecule has 6 heteroatoms. The molecule has 19 heavy (non-hydrogen) atoms. The van der Waals surface area contributed by atoms with E-state index in [1.807, 2.05) is 38.0 Å². The third kappa shape index (κ3) is 7.12. The normalized spacial score (nSPS) is 12.1. The highest BCUT2D eigenvalue weighted by molar-refractivity contribution is 5.76. The van der Waals surface area contributed by atoms with Crippen LogP contribution in [0.25, 0.3) is 0 Å². The summed E-state index contributed by atoms with van der Waals surface area (Å²) in [6.45, 7) is 1.28. The third-order valence-electron chi connectivity index (χ3n) is 3.35. The zero-order valence-electron chi connectivity index (χ0n) is 12.3. The van der Waals surface area contributed by atoms with Gasteiger partial charge < -0.3 is 20.0 Å². The Morgan fingerprint density at radius 3 is 1.58 bits per heavy atom. The molecule has 2 N–H and O–H groups in total.